The predicted molar refractivity (Wildman–Crippen MR) is 81.4 cm³/mol. The molecule has 5 heteroatoms. The molecule has 21 heavy (non-hydrogen) atoms. The first-order valence-electron chi connectivity index (χ1n) is 6.56. The van der Waals surface area contributed by atoms with Gasteiger partial charge in [-0.15, -0.1) is 0 Å². The van der Waals surface area contributed by atoms with E-state index in [1.54, 1.807) is 12.4 Å². The van der Waals surface area contributed by atoms with Crippen molar-refractivity contribution in [1.29, 1.82) is 0 Å². The monoisotopic (exact) mass is 278 g/mol. The van der Waals surface area contributed by atoms with E-state index in [4.69, 9.17) is 5.73 Å². The number of urea groups is 1. The van der Waals surface area contributed by atoms with E-state index in [9.17, 15) is 4.79 Å². The third-order valence-electron chi connectivity index (χ3n) is 3.20. The molecule has 0 saturated heterocycles. The second-order valence-corrected chi connectivity index (χ2v) is 4.68. The molecule has 0 fully saturated rings. The summed E-state index contributed by atoms with van der Waals surface area (Å²) in [6, 6.07) is 13.4. The van der Waals surface area contributed by atoms with E-state index in [0.717, 1.165) is 27.7 Å². The van der Waals surface area contributed by atoms with Gasteiger partial charge in [0.1, 0.15) is 0 Å². The highest BCUT2D eigenvalue weighted by Crippen LogP contribution is 2.23. The minimum atomic E-state index is -0.526. The Kier molecular flexibility index (Phi) is 3.47. The van der Waals surface area contributed by atoms with Crippen molar-refractivity contribution in [1.82, 2.24) is 15.3 Å². The van der Waals surface area contributed by atoms with Crippen LogP contribution >= 0.6 is 0 Å². The number of amides is 2. The number of benzene rings is 2. The van der Waals surface area contributed by atoms with Gasteiger partial charge in [0.25, 0.3) is 0 Å². The maximum atomic E-state index is 10.8. The molecular formula is C16H14N4O. The molecule has 3 rings (SSSR count). The highest BCUT2D eigenvalue weighted by Gasteiger charge is 2.03. The minimum absolute atomic E-state index is 0.413. The van der Waals surface area contributed by atoms with Crippen LogP contribution < -0.4 is 11.1 Å². The van der Waals surface area contributed by atoms with Crippen molar-refractivity contribution in [2.24, 2.45) is 5.73 Å². The molecule has 0 atom stereocenters. The molecule has 0 aliphatic carbocycles. The van der Waals surface area contributed by atoms with Gasteiger partial charge in [0.15, 0.2) is 0 Å². The second-order valence-electron chi connectivity index (χ2n) is 4.68. The Hall–Kier alpha value is -2.95. The normalized spacial score (nSPS) is 10.5. The van der Waals surface area contributed by atoms with Gasteiger partial charge in [0.2, 0.25) is 0 Å². The van der Waals surface area contributed by atoms with Crippen molar-refractivity contribution >= 4 is 17.1 Å². The molecule has 1 aromatic heterocycles. The summed E-state index contributed by atoms with van der Waals surface area (Å²) in [6.45, 7) is 0.413. The summed E-state index contributed by atoms with van der Waals surface area (Å²) in [5, 5.41) is 2.59. The van der Waals surface area contributed by atoms with E-state index in [2.05, 4.69) is 15.3 Å². The van der Waals surface area contributed by atoms with E-state index >= 15 is 0 Å². The second kappa shape index (κ2) is 5.58. The van der Waals surface area contributed by atoms with E-state index in [1.165, 1.54) is 0 Å². The van der Waals surface area contributed by atoms with Crippen molar-refractivity contribution in [2.45, 2.75) is 6.54 Å². The number of fused-ring (bicyclic) bond motifs is 1. The number of aromatic nitrogens is 2. The number of nitrogens with one attached hydrogen (secondary N) is 1. The van der Waals surface area contributed by atoms with E-state index in [-0.39, 0.29) is 0 Å². The average Bonchev–Trinajstić information content (AvgIpc) is 2.53. The Morgan fingerprint density at radius 2 is 1.76 bits per heavy atom. The first-order valence-corrected chi connectivity index (χ1v) is 6.56. The number of rotatable bonds is 3. The smallest absolute Gasteiger partial charge is 0.312 e. The zero-order chi connectivity index (χ0) is 14.7. The number of hydrogen-bond donors (Lipinski definition) is 2. The Bertz CT molecular complexity index is 801. The average molecular weight is 278 g/mol. The van der Waals surface area contributed by atoms with Gasteiger partial charge < -0.3 is 11.1 Å². The molecule has 5 nitrogen and oxygen atoms in total. The molecule has 1 heterocycles. The van der Waals surface area contributed by atoms with Crippen molar-refractivity contribution in [3.8, 4) is 11.1 Å². The van der Waals surface area contributed by atoms with Crippen LogP contribution in [0.3, 0.4) is 0 Å². The molecule has 0 saturated carbocycles. The van der Waals surface area contributed by atoms with Gasteiger partial charge in [-0.1, -0.05) is 24.3 Å². The van der Waals surface area contributed by atoms with E-state index < -0.39 is 6.03 Å². The molecule has 0 bridgehead atoms. The molecule has 0 aliphatic rings. The SMILES string of the molecule is NC(=O)NCc1cccc(-c2ccc3nccnc3c2)c1. The third kappa shape index (κ3) is 2.97. The van der Waals surface area contributed by atoms with Crippen LogP contribution in [0.4, 0.5) is 4.79 Å². The summed E-state index contributed by atoms with van der Waals surface area (Å²) in [5.41, 5.74) is 9.92. The summed E-state index contributed by atoms with van der Waals surface area (Å²) in [7, 11) is 0. The van der Waals surface area contributed by atoms with Crippen LogP contribution in [0, 0.1) is 0 Å². The van der Waals surface area contributed by atoms with Crippen LogP contribution in [0.25, 0.3) is 22.2 Å². The van der Waals surface area contributed by atoms with Crippen molar-refractivity contribution < 1.29 is 4.79 Å². The fourth-order valence-electron chi connectivity index (χ4n) is 2.19. The number of hydrogen-bond acceptors (Lipinski definition) is 3. The van der Waals surface area contributed by atoms with Gasteiger partial charge in [-0.2, -0.15) is 0 Å². The lowest BCUT2D eigenvalue weighted by atomic mass is 10.0. The van der Waals surface area contributed by atoms with E-state index in [0.29, 0.717) is 6.54 Å². The quantitative estimate of drug-likeness (QED) is 0.772. The van der Waals surface area contributed by atoms with Crippen LogP contribution in [0.2, 0.25) is 0 Å². The fraction of sp³-hybridized carbons (Fsp3) is 0.0625. The first kappa shape index (κ1) is 13.1. The highest BCUT2D eigenvalue weighted by atomic mass is 16.2. The molecular weight excluding hydrogens is 264 g/mol. The van der Waals surface area contributed by atoms with Gasteiger partial charge >= 0.3 is 6.03 Å². The summed E-state index contributed by atoms with van der Waals surface area (Å²) < 4.78 is 0. The summed E-state index contributed by atoms with van der Waals surface area (Å²) >= 11 is 0. The summed E-state index contributed by atoms with van der Waals surface area (Å²) in [6.07, 6.45) is 3.36. The Morgan fingerprint density at radius 3 is 2.57 bits per heavy atom. The third-order valence-corrected chi connectivity index (χ3v) is 3.20. The van der Waals surface area contributed by atoms with Crippen LogP contribution in [-0.4, -0.2) is 16.0 Å². The zero-order valence-corrected chi connectivity index (χ0v) is 11.3. The largest absolute Gasteiger partial charge is 0.352 e. The number of nitrogens with two attached hydrogens (primary N) is 1. The molecule has 0 spiro atoms. The van der Waals surface area contributed by atoms with Gasteiger partial charge in [0, 0.05) is 18.9 Å². The summed E-state index contributed by atoms with van der Waals surface area (Å²) in [5.74, 6) is 0. The molecule has 2 aromatic carbocycles. The lowest BCUT2D eigenvalue weighted by Crippen LogP contribution is -2.28. The van der Waals surface area contributed by atoms with Crippen molar-refractivity contribution in [3.63, 3.8) is 0 Å². The summed E-state index contributed by atoms with van der Waals surface area (Å²) in [4.78, 5) is 19.3. The number of carbonyl (C=O) groups excluding carboxylic acids is 1. The van der Waals surface area contributed by atoms with Gasteiger partial charge in [-0.25, -0.2) is 4.79 Å². The van der Waals surface area contributed by atoms with Crippen LogP contribution in [0.15, 0.2) is 54.9 Å². The highest BCUT2D eigenvalue weighted by molar-refractivity contribution is 5.81. The Labute approximate surface area is 121 Å². The molecule has 0 radical (unpaired) electrons. The lowest BCUT2D eigenvalue weighted by Gasteiger charge is -2.07. The maximum absolute atomic E-state index is 10.8. The molecule has 0 unspecified atom stereocenters. The van der Waals surface area contributed by atoms with Gasteiger partial charge in [0.05, 0.1) is 11.0 Å². The van der Waals surface area contributed by atoms with Crippen molar-refractivity contribution in [2.75, 3.05) is 0 Å². The lowest BCUT2D eigenvalue weighted by molar-refractivity contribution is 0.248. The zero-order valence-electron chi connectivity index (χ0n) is 11.3. The number of carbonyl (C=O) groups is 1. The number of primary amides is 1. The van der Waals surface area contributed by atoms with Crippen LogP contribution in [-0.2, 0) is 6.54 Å². The van der Waals surface area contributed by atoms with Gasteiger partial charge in [-0.05, 0) is 34.9 Å². The minimum Gasteiger partial charge on any atom is -0.352 e. The molecule has 3 N–H and O–H groups in total. The molecule has 104 valence electrons. The van der Waals surface area contributed by atoms with Gasteiger partial charge in [-0.3, -0.25) is 9.97 Å². The van der Waals surface area contributed by atoms with Crippen molar-refractivity contribution in [3.05, 3.63) is 60.4 Å². The topological polar surface area (TPSA) is 80.9 Å². The Balaban J connectivity index is 1.94. The molecule has 3 aromatic rings. The predicted octanol–water partition coefficient (Wildman–Crippen LogP) is 2.47. The van der Waals surface area contributed by atoms with Crippen LogP contribution in [0.1, 0.15) is 5.56 Å². The first-order chi connectivity index (χ1) is 10.2. The standard InChI is InChI=1S/C16H14N4O/c17-16(21)20-10-11-2-1-3-12(8-11)13-4-5-14-15(9-13)19-7-6-18-14/h1-9H,10H2,(H3,17,20,21). The number of nitrogens with zero attached hydrogens (tertiary/aromatic N) is 2. The molecule has 2 amide bonds. The van der Waals surface area contributed by atoms with Crippen LogP contribution in [0.5, 0.6) is 0 Å². The molecule has 0 aliphatic heterocycles. The van der Waals surface area contributed by atoms with E-state index in [1.807, 2.05) is 42.5 Å². The fourth-order valence-corrected chi connectivity index (χ4v) is 2.19. The Morgan fingerprint density at radius 1 is 1.00 bits per heavy atom. The maximum Gasteiger partial charge on any atom is 0.312 e.